The van der Waals surface area contributed by atoms with E-state index in [1.807, 2.05) is 6.92 Å². The van der Waals surface area contributed by atoms with Crippen molar-refractivity contribution >= 4 is 25.6 Å². The van der Waals surface area contributed by atoms with Crippen LogP contribution in [0, 0.1) is 6.92 Å². The lowest BCUT2D eigenvalue weighted by Gasteiger charge is -2.35. The highest BCUT2D eigenvalue weighted by atomic mass is 35.7. The number of aryl methyl sites for hydroxylation is 1. The van der Waals surface area contributed by atoms with Gasteiger partial charge < -0.3 is 10.1 Å². The van der Waals surface area contributed by atoms with Gasteiger partial charge in [0.1, 0.15) is 0 Å². The molecule has 0 spiro atoms. The number of nitrogens with one attached hydrogen (secondary N) is 1. The van der Waals surface area contributed by atoms with Crippen molar-refractivity contribution in [1.29, 1.82) is 0 Å². The van der Waals surface area contributed by atoms with E-state index < -0.39 is 9.05 Å². The van der Waals surface area contributed by atoms with E-state index >= 15 is 0 Å². The maximum Gasteiger partial charge on any atom is 0.261 e. The van der Waals surface area contributed by atoms with Gasteiger partial charge in [-0.3, -0.25) is 4.79 Å². The molecule has 0 atom stereocenters. The molecule has 1 aliphatic rings. The maximum atomic E-state index is 12.2. The van der Waals surface area contributed by atoms with Crippen molar-refractivity contribution in [2.45, 2.75) is 43.7 Å². The lowest BCUT2D eigenvalue weighted by Crippen LogP contribution is -2.47. The molecular formula is C14H18ClNO4S. The smallest absolute Gasteiger partial charge is 0.261 e. The lowest BCUT2D eigenvalue weighted by molar-refractivity contribution is -0.00862. The first-order valence-corrected chi connectivity index (χ1v) is 9.09. The number of amides is 1. The van der Waals surface area contributed by atoms with Gasteiger partial charge in [0.25, 0.3) is 15.0 Å². The SMILES string of the molecule is CCOC1CC(NC(=O)c2cc(C)cc(S(=O)(=O)Cl)c2)C1. The Morgan fingerprint density at radius 2 is 2.05 bits per heavy atom. The van der Waals surface area contributed by atoms with Gasteiger partial charge in [-0.25, -0.2) is 8.42 Å². The summed E-state index contributed by atoms with van der Waals surface area (Å²) in [6.45, 7) is 4.32. The van der Waals surface area contributed by atoms with Crippen molar-refractivity contribution in [3.05, 3.63) is 29.3 Å². The fourth-order valence-corrected chi connectivity index (χ4v) is 3.21. The molecule has 21 heavy (non-hydrogen) atoms. The average molecular weight is 332 g/mol. The highest BCUT2D eigenvalue weighted by Gasteiger charge is 2.31. The molecule has 1 aliphatic carbocycles. The highest BCUT2D eigenvalue weighted by Crippen LogP contribution is 2.24. The Labute approximate surface area is 129 Å². The number of hydrogen-bond donors (Lipinski definition) is 1. The summed E-state index contributed by atoms with van der Waals surface area (Å²) in [5, 5.41) is 2.87. The van der Waals surface area contributed by atoms with Crippen LogP contribution < -0.4 is 5.32 Å². The maximum absolute atomic E-state index is 12.2. The number of hydrogen-bond acceptors (Lipinski definition) is 4. The minimum atomic E-state index is -3.85. The topological polar surface area (TPSA) is 72.5 Å². The summed E-state index contributed by atoms with van der Waals surface area (Å²) in [6.07, 6.45) is 1.77. The zero-order chi connectivity index (χ0) is 15.6. The van der Waals surface area contributed by atoms with Crippen LogP contribution in [0.3, 0.4) is 0 Å². The molecule has 7 heteroatoms. The van der Waals surface area contributed by atoms with E-state index in [1.165, 1.54) is 12.1 Å². The third-order valence-electron chi connectivity index (χ3n) is 3.43. The third kappa shape index (κ3) is 4.18. The summed E-state index contributed by atoms with van der Waals surface area (Å²) < 4.78 is 28.2. The van der Waals surface area contributed by atoms with E-state index in [-0.39, 0.29) is 22.9 Å². The molecule has 116 valence electrons. The fourth-order valence-electron chi connectivity index (χ4n) is 2.34. The molecule has 0 saturated heterocycles. The molecule has 0 bridgehead atoms. The van der Waals surface area contributed by atoms with Crippen LogP contribution >= 0.6 is 10.7 Å². The second kappa shape index (κ2) is 6.34. The van der Waals surface area contributed by atoms with Crippen molar-refractivity contribution in [1.82, 2.24) is 5.32 Å². The Morgan fingerprint density at radius 1 is 1.38 bits per heavy atom. The summed E-state index contributed by atoms with van der Waals surface area (Å²) >= 11 is 0. The summed E-state index contributed by atoms with van der Waals surface area (Å²) in [4.78, 5) is 12.1. The van der Waals surface area contributed by atoms with Gasteiger partial charge in [-0.1, -0.05) is 0 Å². The van der Waals surface area contributed by atoms with Crippen LogP contribution in [0.4, 0.5) is 0 Å². The lowest BCUT2D eigenvalue weighted by atomic mass is 9.89. The molecule has 1 amide bonds. The summed E-state index contributed by atoms with van der Waals surface area (Å²) in [5.74, 6) is -0.291. The minimum absolute atomic E-state index is 0.0601. The first kappa shape index (κ1) is 16.3. The number of halogens is 1. The largest absolute Gasteiger partial charge is 0.378 e. The summed E-state index contributed by atoms with van der Waals surface area (Å²) in [5.41, 5.74) is 0.969. The van der Waals surface area contributed by atoms with Gasteiger partial charge in [0.05, 0.1) is 11.0 Å². The van der Waals surface area contributed by atoms with Crippen LogP contribution in [0.1, 0.15) is 35.7 Å². The van der Waals surface area contributed by atoms with Crippen molar-refractivity contribution in [2.75, 3.05) is 6.61 Å². The standard InChI is InChI=1S/C14H18ClNO4S/c1-3-20-12-7-11(8-12)16-14(17)10-4-9(2)5-13(6-10)21(15,18)19/h4-6,11-12H,3,7-8H2,1-2H3,(H,16,17). The van der Waals surface area contributed by atoms with Crippen molar-refractivity contribution in [3.63, 3.8) is 0 Å². The molecular weight excluding hydrogens is 314 g/mol. The monoisotopic (exact) mass is 331 g/mol. The van der Waals surface area contributed by atoms with E-state index in [0.717, 1.165) is 12.8 Å². The molecule has 0 aliphatic heterocycles. The quantitative estimate of drug-likeness (QED) is 0.840. The second-order valence-electron chi connectivity index (χ2n) is 5.19. The molecule has 0 aromatic heterocycles. The van der Waals surface area contributed by atoms with Crippen molar-refractivity contribution in [3.8, 4) is 0 Å². The highest BCUT2D eigenvalue weighted by molar-refractivity contribution is 8.13. The van der Waals surface area contributed by atoms with E-state index in [0.29, 0.717) is 17.7 Å². The average Bonchev–Trinajstić information content (AvgIpc) is 2.34. The summed E-state index contributed by atoms with van der Waals surface area (Å²) in [6, 6.07) is 4.45. The Hall–Kier alpha value is -1.11. The first-order valence-electron chi connectivity index (χ1n) is 6.78. The van der Waals surface area contributed by atoms with Gasteiger partial charge in [-0.05, 0) is 50.5 Å². The van der Waals surface area contributed by atoms with Crippen LogP contribution in [-0.2, 0) is 13.8 Å². The zero-order valence-corrected chi connectivity index (χ0v) is 13.5. The molecule has 2 rings (SSSR count). The molecule has 1 fully saturated rings. The Morgan fingerprint density at radius 3 is 2.62 bits per heavy atom. The molecule has 1 aromatic carbocycles. The van der Waals surface area contributed by atoms with Crippen LogP contribution in [0.2, 0.25) is 0 Å². The fraction of sp³-hybridized carbons (Fsp3) is 0.500. The number of ether oxygens (including phenoxy) is 1. The first-order chi connectivity index (χ1) is 9.79. The second-order valence-corrected chi connectivity index (χ2v) is 7.76. The van der Waals surface area contributed by atoms with Gasteiger partial charge in [-0.2, -0.15) is 0 Å². The third-order valence-corrected chi connectivity index (χ3v) is 4.76. The molecule has 1 N–H and O–H groups in total. The normalized spacial score (nSPS) is 21.7. The minimum Gasteiger partial charge on any atom is -0.378 e. The van der Waals surface area contributed by atoms with E-state index in [1.54, 1.807) is 13.0 Å². The Balaban J connectivity index is 2.05. The zero-order valence-electron chi connectivity index (χ0n) is 11.9. The number of carbonyl (C=O) groups is 1. The molecule has 0 unspecified atom stereocenters. The van der Waals surface area contributed by atoms with Gasteiger partial charge in [0.15, 0.2) is 0 Å². The van der Waals surface area contributed by atoms with Gasteiger partial charge in [0.2, 0.25) is 0 Å². The molecule has 5 nitrogen and oxygen atoms in total. The van der Waals surface area contributed by atoms with Crippen LogP contribution in [0.5, 0.6) is 0 Å². The molecule has 1 saturated carbocycles. The Bertz CT molecular complexity index is 638. The molecule has 1 aromatic rings. The Kier molecular flexibility index (Phi) is 4.91. The van der Waals surface area contributed by atoms with E-state index in [9.17, 15) is 13.2 Å². The van der Waals surface area contributed by atoms with E-state index in [2.05, 4.69) is 5.32 Å². The molecule has 0 radical (unpaired) electrons. The predicted octanol–water partition coefficient (Wildman–Crippen LogP) is 2.22. The van der Waals surface area contributed by atoms with Crippen molar-refractivity contribution in [2.24, 2.45) is 0 Å². The van der Waals surface area contributed by atoms with Crippen LogP contribution in [-0.4, -0.2) is 33.1 Å². The van der Waals surface area contributed by atoms with Crippen LogP contribution in [0.15, 0.2) is 23.1 Å². The number of benzene rings is 1. The van der Waals surface area contributed by atoms with Crippen molar-refractivity contribution < 1.29 is 17.9 Å². The number of carbonyl (C=O) groups excluding carboxylic acids is 1. The summed E-state index contributed by atoms with van der Waals surface area (Å²) in [7, 11) is 1.48. The van der Waals surface area contributed by atoms with Gasteiger partial charge in [-0.15, -0.1) is 0 Å². The predicted molar refractivity (Wildman–Crippen MR) is 80.1 cm³/mol. The van der Waals surface area contributed by atoms with E-state index in [4.69, 9.17) is 15.4 Å². The molecule has 0 heterocycles. The van der Waals surface area contributed by atoms with Crippen LogP contribution in [0.25, 0.3) is 0 Å². The van der Waals surface area contributed by atoms with Gasteiger partial charge >= 0.3 is 0 Å². The number of rotatable bonds is 5. The van der Waals surface area contributed by atoms with Gasteiger partial charge in [0, 0.05) is 28.9 Å².